The smallest absolute Gasteiger partial charge is 0.330 e. The van der Waals surface area contributed by atoms with Gasteiger partial charge < -0.3 is 19.5 Å². The average Bonchev–Trinajstić information content (AvgIpc) is 3.08. The number of aromatic amines is 1. The lowest BCUT2D eigenvalue weighted by Gasteiger charge is -2.34. The lowest BCUT2D eigenvalue weighted by molar-refractivity contribution is -0.171. The minimum Gasteiger partial charge on any atom is -0.365 e. The van der Waals surface area contributed by atoms with Crippen molar-refractivity contribution in [3.63, 3.8) is 0 Å². The molecule has 1 N–H and O–H groups in total. The molecule has 0 bridgehead atoms. The van der Waals surface area contributed by atoms with Gasteiger partial charge in [-0.05, 0) is 12.1 Å². The first-order valence-electron chi connectivity index (χ1n) is 7.25. The number of halogens is 4. The third kappa shape index (κ3) is 4.47. The van der Waals surface area contributed by atoms with E-state index in [2.05, 4.69) is 9.72 Å². The topological polar surface area (TPSA) is 65.6 Å². The van der Waals surface area contributed by atoms with Gasteiger partial charge in [0, 0.05) is 32.4 Å². The van der Waals surface area contributed by atoms with Gasteiger partial charge in [-0.25, -0.2) is 8.78 Å². The van der Waals surface area contributed by atoms with E-state index in [-0.39, 0.29) is 32.1 Å². The van der Waals surface area contributed by atoms with Crippen LogP contribution in [-0.4, -0.2) is 78.3 Å². The average molecular weight is 351 g/mol. The minimum atomic E-state index is -4.28. The molecule has 10 heteroatoms. The highest BCUT2D eigenvalue weighted by atomic mass is 19.3. The summed E-state index contributed by atoms with van der Waals surface area (Å²) in [6.07, 6.45) is -2.21. The number of piperazine rings is 1. The number of rotatable bonds is 6. The van der Waals surface area contributed by atoms with Gasteiger partial charge in [0.2, 0.25) is 5.91 Å². The van der Waals surface area contributed by atoms with Crippen LogP contribution in [0, 0.1) is 0 Å². The highest BCUT2D eigenvalue weighted by Crippen LogP contribution is 2.22. The Kier molecular flexibility index (Phi) is 5.81. The number of aromatic nitrogens is 1. The first kappa shape index (κ1) is 18.2. The van der Waals surface area contributed by atoms with Gasteiger partial charge in [-0.1, -0.05) is 0 Å². The van der Waals surface area contributed by atoms with Crippen molar-refractivity contribution in [3.8, 4) is 0 Å². The van der Waals surface area contributed by atoms with E-state index in [9.17, 15) is 27.2 Å². The maximum Gasteiger partial charge on any atom is 0.330 e. The lowest BCUT2D eigenvalue weighted by Crippen LogP contribution is -2.51. The zero-order valence-corrected chi connectivity index (χ0v) is 12.7. The van der Waals surface area contributed by atoms with Gasteiger partial charge in [-0.3, -0.25) is 9.59 Å². The van der Waals surface area contributed by atoms with E-state index < -0.39 is 31.5 Å². The van der Waals surface area contributed by atoms with Crippen molar-refractivity contribution in [1.82, 2.24) is 14.8 Å². The number of ether oxygens (including phenoxy) is 1. The van der Waals surface area contributed by atoms with E-state index in [4.69, 9.17) is 0 Å². The van der Waals surface area contributed by atoms with Crippen molar-refractivity contribution in [1.29, 1.82) is 0 Å². The molecule has 1 aliphatic heterocycles. The summed E-state index contributed by atoms with van der Waals surface area (Å²) in [4.78, 5) is 29.6. The summed E-state index contributed by atoms with van der Waals surface area (Å²) in [5.74, 6) is -5.05. The van der Waals surface area contributed by atoms with Crippen LogP contribution in [0.25, 0.3) is 0 Å². The minimum absolute atomic E-state index is 0.195. The van der Waals surface area contributed by atoms with Crippen LogP contribution in [0.2, 0.25) is 0 Å². The predicted molar refractivity (Wildman–Crippen MR) is 75.0 cm³/mol. The lowest BCUT2D eigenvalue weighted by atomic mass is 10.2. The van der Waals surface area contributed by atoms with Crippen molar-refractivity contribution in [2.45, 2.75) is 12.3 Å². The molecule has 1 aromatic rings. The summed E-state index contributed by atoms with van der Waals surface area (Å²) in [6, 6.07) is 3.33. The van der Waals surface area contributed by atoms with Gasteiger partial charge in [-0.15, -0.1) is 0 Å². The van der Waals surface area contributed by atoms with Gasteiger partial charge in [0.1, 0.15) is 18.9 Å². The van der Waals surface area contributed by atoms with Crippen molar-refractivity contribution >= 4 is 11.8 Å². The molecular formula is C14H17F4N3O3. The predicted octanol–water partition coefficient (Wildman–Crippen LogP) is 1.22. The number of H-pyrrole nitrogens is 1. The molecule has 1 aliphatic rings. The molecule has 24 heavy (non-hydrogen) atoms. The summed E-state index contributed by atoms with van der Waals surface area (Å²) < 4.78 is 53.7. The third-order valence-electron chi connectivity index (χ3n) is 3.59. The van der Waals surface area contributed by atoms with E-state index >= 15 is 0 Å². The molecule has 1 saturated heterocycles. The molecule has 1 fully saturated rings. The second kappa shape index (κ2) is 7.65. The van der Waals surface area contributed by atoms with Crippen LogP contribution in [0.3, 0.4) is 0 Å². The Bertz CT molecular complexity index is 558. The Hall–Kier alpha value is -2.10. The van der Waals surface area contributed by atoms with Gasteiger partial charge in [0.05, 0.1) is 0 Å². The number of carbonyl (C=O) groups excluding carboxylic acids is 2. The van der Waals surface area contributed by atoms with Crippen molar-refractivity contribution in [2.75, 3.05) is 39.4 Å². The van der Waals surface area contributed by atoms with Gasteiger partial charge in [0.25, 0.3) is 5.91 Å². The molecule has 0 atom stereocenters. The molecule has 0 aromatic carbocycles. The number of alkyl halides is 4. The number of nitrogens with zero attached hydrogens (tertiary/aromatic N) is 2. The quantitative estimate of drug-likeness (QED) is 0.784. The highest BCUT2D eigenvalue weighted by molar-refractivity contribution is 5.92. The van der Waals surface area contributed by atoms with E-state index in [1.54, 1.807) is 23.2 Å². The van der Waals surface area contributed by atoms with E-state index in [0.29, 0.717) is 5.69 Å². The number of hydrogen-bond donors (Lipinski definition) is 1. The second-order valence-electron chi connectivity index (χ2n) is 5.31. The van der Waals surface area contributed by atoms with E-state index in [1.165, 1.54) is 4.90 Å². The van der Waals surface area contributed by atoms with Gasteiger partial charge >= 0.3 is 12.3 Å². The fraction of sp³-hybridized carbons (Fsp3) is 0.571. The standard InChI is InChI=1S/C14H17F4N3O3/c15-13(16)14(17,18)9-24-8-11(22)20-4-6-21(7-5-20)12(23)10-2-1-3-19-10/h1-3,13,19H,4-9H2. The van der Waals surface area contributed by atoms with Crippen molar-refractivity contribution in [3.05, 3.63) is 24.0 Å². The summed E-state index contributed by atoms with van der Waals surface area (Å²) in [5.41, 5.74) is 0.437. The van der Waals surface area contributed by atoms with E-state index in [1.807, 2.05) is 0 Å². The molecule has 6 nitrogen and oxygen atoms in total. The third-order valence-corrected chi connectivity index (χ3v) is 3.59. The highest BCUT2D eigenvalue weighted by Gasteiger charge is 2.41. The maximum atomic E-state index is 12.7. The van der Waals surface area contributed by atoms with Crippen LogP contribution in [-0.2, 0) is 9.53 Å². The molecule has 0 saturated carbocycles. The Balaban J connectivity index is 1.74. The van der Waals surface area contributed by atoms with Crippen LogP contribution in [0.1, 0.15) is 10.5 Å². The fourth-order valence-corrected chi connectivity index (χ4v) is 2.22. The Labute approximate surface area is 135 Å². The number of amides is 2. The van der Waals surface area contributed by atoms with Crippen LogP contribution < -0.4 is 0 Å². The Morgan fingerprint density at radius 1 is 1.21 bits per heavy atom. The van der Waals surface area contributed by atoms with Crippen molar-refractivity contribution in [2.24, 2.45) is 0 Å². The Morgan fingerprint density at radius 2 is 1.83 bits per heavy atom. The maximum absolute atomic E-state index is 12.7. The second-order valence-corrected chi connectivity index (χ2v) is 5.31. The van der Waals surface area contributed by atoms with Crippen LogP contribution in [0.4, 0.5) is 17.6 Å². The normalized spacial score (nSPS) is 15.9. The number of nitrogens with one attached hydrogen (secondary N) is 1. The molecule has 2 heterocycles. The zero-order chi connectivity index (χ0) is 17.7. The SMILES string of the molecule is O=C(COCC(F)(F)C(F)F)N1CCN(C(=O)c2ccc[nH]2)CC1. The molecule has 2 rings (SSSR count). The van der Waals surface area contributed by atoms with Crippen LogP contribution in [0.15, 0.2) is 18.3 Å². The first-order chi connectivity index (χ1) is 11.3. The number of carbonyl (C=O) groups is 2. The Morgan fingerprint density at radius 3 is 2.38 bits per heavy atom. The largest absolute Gasteiger partial charge is 0.365 e. The number of hydrogen-bond acceptors (Lipinski definition) is 3. The molecule has 0 aliphatic carbocycles. The summed E-state index contributed by atoms with van der Waals surface area (Å²) >= 11 is 0. The van der Waals surface area contributed by atoms with Crippen molar-refractivity contribution < 1.29 is 31.9 Å². The van der Waals surface area contributed by atoms with E-state index in [0.717, 1.165) is 0 Å². The monoisotopic (exact) mass is 351 g/mol. The van der Waals surface area contributed by atoms with Gasteiger partial charge in [0.15, 0.2) is 0 Å². The molecule has 134 valence electrons. The zero-order valence-electron chi connectivity index (χ0n) is 12.7. The molecule has 2 amide bonds. The van der Waals surface area contributed by atoms with Gasteiger partial charge in [-0.2, -0.15) is 8.78 Å². The molecule has 0 radical (unpaired) electrons. The summed E-state index contributed by atoms with van der Waals surface area (Å²) in [5, 5.41) is 0. The molecular weight excluding hydrogens is 334 g/mol. The van der Waals surface area contributed by atoms with Crippen LogP contribution in [0.5, 0.6) is 0 Å². The van der Waals surface area contributed by atoms with Crippen LogP contribution >= 0.6 is 0 Å². The summed E-state index contributed by atoms with van der Waals surface area (Å²) in [6.45, 7) is -1.19. The molecule has 0 unspecified atom stereocenters. The fourth-order valence-electron chi connectivity index (χ4n) is 2.22. The summed E-state index contributed by atoms with van der Waals surface area (Å²) in [7, 11) is 0. The molecule has 0 spiro atoms. The molecule has 1 aromatic heterocycles. The first-order valence-corrected chi connectivity index (χ1v) is 7.25.